The quantitative estimate of drug-likeness (QED) is 0.482. The van der Waals surface area contributed by atoms with Crippen LogP contribution in [-0.2, 0) is 19.6 Å². The molecule has 0 saturated heterocycles. The van der Waals surface area contributed by atoms with Crippen molar-refractivity contribution in [3.8, 4) is 0 Å². The number of amides is 1. The third kappa shape index (κ3) is 5.12. The molecule has 1 aromatic rings. The van der Waals surface area contributed by atoms with Crippen molar-refractivity contribution in [1.82, 2.24) is 10.0 Å². The number of hydrogen-bond acceptors (Lipinski definition) is 5. The van der Waals surface area contributed by atoms with Gasteiger partial charge in [0.1, 0.15) is 4.90 Å². The Morgan fingerprint density at radius 2 is 2.14 bits per heavy atom. The minimum absolute atomic E-state index is 0.00804. The van der Waals surface area contributed by atoms with Gasteiger partial charge < -0.3 is 15.8 Å². The Hall–Kier alpha value is -1.42. The molecular formula is C11H15ClFN3O4S. The smallest absolute Gasteiger partial charge is 0.244 e. The summed E-state index contributed by atoms with van der Waals surface area (Å²) in [6.07, 6.45) is 0. The fourth-order valence-electron chi connectivity index (χ4n) is 1.37. The molecule has 0 aromatic heterocycles. The van der Waals surface area contributed by atoms with Crippen molar-refractivity contribution in [2.24, 2.45) is 0 Å². The maximum atomic E-state index is 13.7. The van der Waals surface area contributed by atoms with E-state index in [0.717, 1.165) is 12.1 Å². The highest BCUT2D eigenvalue weighted by molar-refractivity contribution is 7.89. The molecule has 0 saturated carbocycles. The number of carbonyl (C=O) groups is 1. The lowest BCUT2D eigenvalue weighted by atomic mass is 10.3. The molecule has 1 rings (SSSR count). The van der Waals surface area contributed by atoms with Gasteiger partial charge in [0.2, 0.25) is 15.9 Å². The predicted octanol–water partition coefficient (Wildman–Crippen LogP) is 0.102. The standard InChI is InChI=1S/C11H15ClFN3O4S/c1-20-3-2-15-10(17)6-16-21(18,19)9-5-7(14)4-8(12)11(9)13/h4-5,16H,2-3,6,14H2,1H3,(H,15,17). The molecule has 0 spiro atoms. The van der Waals surface area contributed by atoms with E-state index in [-0.39, 0.29) is 18.8 Å². The Balaban J connectivity index is 2.77. The highest BCUT2D eigenvalue weighted by Crippen LogP contribution is 2.25. The summed E-state index contributed by atoms with van der Waals surface area (Å²) in [5.74, 6) is -1.70. The van der Waals surface area contributed by atoms with E-state index in [1.165, 1.54) is 7.11 Å². The lowest BCUT2D eigenvalue weighted by molar-refractivity contribution is -0.120. The minimum atomic E-state index is -4.24. The molecule has 0 aliphatic heterocycles. The molecule has 1 amide bonds. The summed E-state index contributed by atoms with van der Waals surface area (Å²) >= 11 is 5.53. The first-order chi connectivity index (χ1) is 9.77. The zero-order valence-corrected chi connectivity index (χ0v) is 12.7. The molecule has 7 nitrogen and oxygen atoms in total. The van der Waals surface area contributed by atoms with Crippen molar-refractivity contribution in [1.29, 1.82) is 0 Å². The van der Waals surface area contributed by atoms with Gasteiger partial charge in [-0.2, -0.15) is 0 Å². The summed E-state index contributed by atoms with van der Waals surface area (Å²) in [6, 6.07) is 2.01. The van der Waals surface area contributed by atoms with E-state index in [4.69, 9.17) is 22.1 Å². The fourth-order valence-corrected chi connectivity index (χ4v) is 2.77. The van der Waals surface area contributed by atoms with Gasteiger partial charge in [0.05, 0.1) is 18.2 Å². The van der Waals surface area contributed by atoms with E-state index in [9.17, 15) is 17.6 Å². The second-order valence-corrected chi connectivity index (χ2v) is 6.12. The normalized spacial score (nSPS) is 11.4. The first kappa shape index (κ1) is 17.6. The Kier molecular flexibility index (Phi) is 6.34. The highest BCUT2D eigenvalue weighted by Gasteiger charge is 2.22. The third-order valence-electron chi connectivity index (χ3n) is 2.36. The number of carbonyl (C=O) groups excluding carboxylic acids is 1. The summed E-state index contributed by atoms with van der Waals surface area (Å²) in [6.45, 7) is -0.0224. The van der Waals surface area contributed by atoms with Crippen LogP contribution >= 0.6 is 11.6 Å². The first-order valence-corrected chi connectivity index (χ1v) is 7.64. The lowest BCUT2D eigenvalue weighted by Crippen LogP contribution is -2.38. The van der Waals surface area contributed by atoms with Crippen LogP contribution in [0, 0.1) is 5.82 Å². The lowest BCUT2D eigenvalue weighted by Gasteiger charge is -2.09. The van der Waals surface area contributed by atoms with Crippen LogP contribution in [-0.4, -0.2) is 41.1 Å². The number of sulfonamides is 1. The van der Waals surface area contributed by atoms with Crippen LogP contribution in [0.5, 0.6) is 0 Å². The number of anilines is 1. The topological polar surface area (TPSA) is 111 Å². The number of rotatable bonds is 7. The molecule has 0 aliphatic carbocycles. The Bertz CT molecular complexity index is 624. The number of benzene rings is 1. The van der Waals surface area contributed by atoms with Crippen molar-refractivity contribution in [3.63, 3.8) is 0 Å². The van der Waals surface area contributed by atoms with Crippen molar-refractivity contribution < 1.29 is 22.3 Å². The van der Waals surface area contributed by atoms with Gasteiger partial charge in [0, 0.05) is 19.3 Å². The van der Waals surface area contributed by atoms with Crippen molar-refractivity contribution >= 4 is 33.2 Å². The average Bonchev–Trinajstić information content (AvgIpc) is 2.41. The highest BCUT2D eigenvalue weighted by atomic mass is 35.5. The largest absolute Gasteiger partial charge is 0.399 e. The van der Waals surface area contributed by atoms with Crippen LogP contribution in [0.25, 0.3) is 0 Å². The number of ether oxygens (including phenoxy) is 1. The number of methoxy groups -OCH3 is 1. The SMILES string of the molecule is COCCNC(=O)CNS(=O)(=O)c1cc(N)cc(Cl)c1F. The number of hydrogen-bond donors (Lipinski definition) is 3. The third-order valence-corrected chi connectivity index (χ3v) is 4.03. The molecule has 118 valence electrons. The number of nitrogens with two attached hydrogens (primary N) is 1. The van der Waals surface area contributed by atoms with Crippen molar-refractivity contribution in [2.75, 3.05) is 32.5 Å². The molecule has 21 heavy (non-hydrogen) atoms. The molecule has 10 heteroatoms. The second-order valence-electron chi connectivity index (χ2n) is 3.98. The van der Waals surface area contributed by atoms with E-state index >= 15 is 0 Å². The zero-order chi connectivity index (χ0) is 16.0. The van der Waals surface area contributed by atoms with Crippen LogP contribution in [0.2, 0.25) is 5.02 Å². The van der Waals surface area contributed by atoms with E-state index in [2.05, 4.69) is 5.32 Å². The Labute approximate surface area is 126 Å². The molecule has 0 aliphatic rings. The Morgan fingerprint density at radius 1 is 1.48 bits per heavy atom. The van der Waals surface area contributed by atoms with Gasteiger partial charge in [-0.15, -0.1) is 0 Å². The van der Waals surface area contributed by atoms with E-state index in [1.54, 1.807) is 0 Å². The van der Waals surface area contributed by atoms with Crippen LogP contribution in [0.4, 0.5) is 10.1 Å². The summed E-state index contributed by atoms with van der Waals surface area (Å²) in [4.78, 5) is 10.7. The van der Waals surface area contributed by atoms with Gasteiger partial charge in [-0.1, -0.05) is 11.6 Å². The van der Waals surface area contributed by atoms with Crippen LogP contribution < -0.4 is 15.8 Å². The molecule has 0 heterocycles. The summed E-state index contributed by atoms with van der Waals surface area (Å²) in [5.41, 5.74) is 5.42. The van der Waals surface area contributed by atoms with Crippen LogP contribution in [0.3, 0.4) is 0 Å². The Morgan fingerprint density at radius 3 is 2.76 bits per heavy atom. The maximum absolute atomic E-state index is 13.7. The summed E-state index contributed by atoms with van der Waals surface area (Å²) < 4.78 is 44.3. The van der Waals surface area contributed by atoms with Crippen LogP contribution in [0.1, 0.15) is 0 Å². The van der Waals surface area contributed by atoms with Gasteiger partial charge in [-0.25, -0.2) is 17.5 Å². The van der Waals surface area contributed by atoms with Gasteiger partial charge in [-0.3, -0.25) is 4.79 Å². The molecule has 0 unspecified atom stereocenters. The predicted molar refractivity (Wildman–Crippen MR) is 75.9 cm³/mol. The minimum Gasteiger partial charge on any atom is -0.399 e. The number of halogens is 2. The van der Waals surface area contributed by atoms with E-state index < -0.39 is 38.2 Å². The van der Waals surface area contributed by atoms with Gasteiger partial charge in [-0.05, 0) is 12.1 Å². The number of nitrogens with one attached hydrogen (secondary N) is 2. The van der Waals surface area contributed by atoms with Crippen LogP contribution in [0.15, 0.2) is 17.0 Å². The van der Waals surface area contributed by atoms with Crippen molar-refractivity contribution in [2.45, 2.75) is 4.90 Å². The molecular weight excluding hydrogens is 325 g/mol. The van der Waals surface area contributed by atoms with Crippen molar-refractivity contribution in [3.05, 3.63) is 23.0 Å². The molecule has 0 fully saturated rings. The van der Waals surface area contributed by atoms with Gasteiger partial charge >= 0.3 is 0 Å². The maximum Gasteiger partial charge on any atom is 0.244 e. The van der Waals surface area contributed by atoms with Gasteiger partial charge in [0.15, 0.2) is 5.82 Å². The second kappa shape index (κ2) is 7.55. The molecule has 1 aromatic carbocycles. The molecule has 0 radical (unpaired) electrons. The summed E-state index contributed by atoms with van der Waals surface area (Å²) in [5, 5.41) is 1.99. The van der Waals surface area contributed by atoms with E-state index in [0.29, 0.717) is 0 Å². The fraction of sp³-hybridized carbons (Fsp3) is 0.364. The molecule has 4 N–H and O–H groups in total. The summed E-state index contributed by atoms with van der Waals surface area (Å²) in [7, 11) is -2.78. The average molecular weight is 340 g/mol. The monoisotopic (exact) mass is 339 g/mol. The number of nitrogen functional groups attached to an aromatic ring is 1. The molecule has 0 bridgehead atoms. The molecule has 0 atom stereocenters. The first-order valence-electron chi connectivity index (χ1n) is 5.77. The van der Waals surface area contributed by atoms with Gasteiger partial charge in [0.25, 0.3) is 0 Å². The van der Waals surface area contributed by atoms with E-state index in [1.807, 2.05) is 4.72 Å². The zero-order valence-electron chi connectivity index (χ0n) is 11.2.